The van der Waals surface area contributed by atoms with Crippen LogP contribution in [0.1, 0.15) is 12.8 Å². The number of aromatic amines is 1. The van der Waals surface area contributed by atoms with Crippen molar-refractivity contribution in [2.45, 2.75) is 24.7 Å². The number of nitrogens with zero attached hydrogens (tertiary/aromatic N) is 4. The fourth-order valence-corrected chi connectivity index (χ4v) is 3.13. The van der Waals surface area contributed by atoms with E-state index in [1.54, 1.807) is 6.33 Å². The van der Waals surface area contributed by atoms with E-state index in [-0.39, 0.29) is 12.5 Å². The average Bonchev–Trinajstić information content (AvgIpc) is 3.10. The van der Waals surface area contributed by atoms with Crippen LogP contribution in [0.4, 0.5) is 5.82 Å². The molecule has 8 nitrogen and oxygen atoms in total. The van der Waals surface area contributed by atoms with Crippen LogP contribution in [0.5, 0.6) is 0 Å². The van der Waals surface area contributed by atoms with E-state index in [0.29, 0.717) is 23.5 Å². The molecule has 2 atom stereocenters. The summed E-state index contributed by atoms with van der Waals surface area (Å²) in [5, 5.41) is 9.58. The van der Waals surface area contributed by atoms with Gasteiger partial charge >= 0.3 is 5.97 Å². The predicted molar refractivity (Wildman–Crippen MR) is 84.5 cm³/mol. The number of rotatable bonds is 5. The molecule has 9 heteroatoms. The Labute approximate surface area is 128 Å². The van der Waals surface area contributed by atoms with Crippen LogP contribution in [0.15, 0.2) is 12.7 Å². The minimum absolute atomic E-state index is 0.0992. The molecule has 0 aliphatic carbocycles. The Bertz CT molecular complexity index is 692. The highest BCUT2D eigenvalue weighted by atomic mass is 16.4. The Balaban J connectivity index is 1.93. The quantitative estimate of drug-likeness (QED) is 0.631. The largest absolute Gasteiger partial charge is 0.480 e. The zero-order chi connectivity index (χ0) is 15.7. The molecular formula is C13H19BN6O2. The number of H-pyrrole nitrogens is 1. The van der Waals surface area contributed by atoms with Gasteiger partial charge in [-0.15, -0.1) is 0 Å². The molecule has 0 aromatic carbocycles. The van der Waals surface area contributed by atoms with Crippen molar-refractivity contribution in [3.63, 3.8) is 0 Å². The Kier molecular flexibility index (Phi) is 3.73. The Morgan fingerprint density at radius 2 is 2.36 bits per heavy atom. The summed E-state index contributed by atoms with van der Waals surface area (Å²) < 4.78 is 0. The maximum Gasteiger partial charge on any atom is 0.325 e. The number of aromatic nitrogens is 4. The van der Waals surface area contributed by atoms with Gasteiger partial charge < -0.3 is 20.7 Å². The van der Waals surface area contributed by atoms with Gasteiger partial charge in [0, 0.05) is 19.0 Å². The molecule has 1 aliphatic rings. The molecule has 2 aromatic heterocycles. The predicted octanol–water partition coefficient (Wildman–Crippen LogP) is -0.597. The van der Waals surface area contributed by atoms with Gasteiger partial charge in [-0.05, 0) is 6.42 Å². The summed E-state index contributed by atoms with van der Waals surface area (Å²) in [6.45, 7) is 0.815. The van der Waals surface area contributed by atoms with Crippen molar-refractivity contribution in [2.75, 3.05) is 18.0 Å². The lowest BCUT2D eigenvalue weighted by molar-refractivity contribution is -0.144. The number of aliphatic carboxylic acids is 1. The van der Waals surface area contributed by atoms with Crippen LogP contribution in [-0.4, -0.2) is 57.5 Å². The number of imidazole rings is 1. The van der Waals surface area contributed by atoms with Gasteiger partial charge in [-0.2, -0.15) is 0 Å². The highest BCUT2D eigenvalue weighted by molar-refractivity contribution is 6.08. The fourth-order valence-electron chi connectivity index (χ4n) is 3.13. The van der Waals surface area contributed by atoms with E-state index in [4.69, 9.17) is 5.73 Å². The lowest BCUT2D eigenvalue weighted by atomic mass is 9.83. The van der Waals surface area contributed by atoms with Gasteiger partial charge in [0.15, 0.2) is 11.5 Å². The standard InChI is InChI=1S/C13H19BN6O2/c14-3-1-2-8-4-20(5-13(8,15)12(21)22)11-9-10(17-6-16-9)18-7-19-11/h6-8H,1-5,14-15H2,(H,21,22)(H,16,17,18,19)/t8-,13-/m0/s1. The molecule has 1 aliphatic heterocycles. The molecular weight excluding hydrogens is 283 g/mol. The number of carboxylic acid groups (broad SMARTS) is 1. The van der Waals surface area contributed by atoms with Gasteiger partial charge in [-0.1, -0.05) is 12.7 Å². The third-order valence-electron chi connectivity index (χ3n) is 4.43. The molecule has 1 fully saturated rings. The Morgan fingerprint density at radius 3 is 3.09 bits per heavy atom. The summed E-state index contributed by atoms with van der Waals surface area (Å²) in [7, 11) is 2.09. The number of carboxylic acids is 1. The molecule has 0 bridgehead atoms. The molecule has 2 aromatic rings. The van der Waals surface area contributed by atoms with Gasteiger partial charge in [-0.25, -0.2) is 15.0 Å². The minimum Gasteiger partial charge on any atom is -0.480 e. The molecule has 0 amide bonds. The molecule has 4 N–H and O–H groups in total. The van der Waals surface area contributed by atoms with Crippen LogP contribution >= 0.6 is 0 Å². The average molecular weight is 302 g/mol. The zero-order valence-corrected chi connectivity index (χ0v) is 12.5. The molecule has 0 radical (unpaired) electrons. The molecule has 0 unspecified atom stereocenters. The number of fused-ring (bicyclic) bond motifs is 1. The second-order valence-electron chi connectivity index (χ2n) is 5.86. The first-order valence-electron chi connectivity index (χ1n) is 7.47. The van der Waals surface area contributed by atoms with Crippen molar-refractivity contribution in [2.24, 2.45) is 11.7 Å². The van der Waals surface area contributed by atoms with Crippen LogP contribution in [0.3, 0.4) is 0 Å². The normalized spacial score (nSPS) is 25.0. The summed E-state index contributed by atoms with van der Waals surface area (Å²) in [4.78, 5) is 29.1. The molecule has 1 saturated heterocycles. The van der Waals surface area contributed by atoms with Crippen molar-refractivity contribution in [1.82, 2.24) is 19.9 Å². The second kappa shape index (κ2) is 5.56. The number of carbonyl (C=O) groups is 1. The van der Waals surface area contributed by atoms with Crippen molar-refractivity contribution >= 4 is 30.8 Å². The van der Waals surface area contributed by atoms with Gasteiger partial charge in [0.1, 0.15) is 25.2 Å². The second-order valence-corrected chi connectivity index (χ2v) is 5.86. The topological polar surface area (TPSA) is 121 Å². The van der Waals surface area contributed by atoms with E-state index in [1.807, 2.05) is 4.90 Å². The zero-order valence-electron chi connectivity index (χ0n) is 12.5. The Hall–Kier alpha value is -2.16. The molecule has 0 saturated carbocycles. The minimum atomic E-state index is -1.24. The molecule has 116 valence electrons. The van der Waals surface area contributed by atoms with Gasteiger partial charge in [0.2, 0.25) is 0 Å². The number of nitrogens with two attached hydrogens (primary N) is 1. The van der Waals surface area contributed by atoms with E-state index >= 15 is 0 Å². The Morgan fingerprint density at radius 1 is 1.55 bits per heavy atom. The summed E-state index contributed by atoms with van der Waals surface area (Å²) >= 11 is 0. The van der Waals surface area contributed by atoms with Gasteiger partial charge in [0.05, 0.1) is 6.33 Å². The number of anilines is 1. The first kappa shape index (κ1) is 14.8. The maximum atomic E-state index is 11.7. The van der Waals surface area contributed by atoms with Crippen LogP contribution < -0.4 is 10.6 Å². The summed E-state index contributed by atoms with van der Waals surface area (Å²) in [5.74, 6) is -0.388. The van der Waals surface area contributed by atoms with E-state index in [1.165, 1.54) is 6.33 Å². The third kappa shape index (κ3) is 2.31. The fraction of sp³-hybridized carbons (Fsp3) is 0.538. The maximum absolute atomic E-state index is 11.7. The van der Waals surface area contributed by atoms with Gasteiger partial charge in [-0.3, -0.25) is 4.79 Å². The lowest BCUT2D eigenvalue weighted by Gasteiger charge is -2.25. The van der Waals surface area contributed by atoms with E-state index in [0.717, 1.165) is 19.2 Å². The first-order chi connectivity index (χ1) is 10.6. The number of hydrogen-bond donors (Lipinski definition) is 3. The first-order valence-corrected chi connectivity index (χ1v) is 7.47. The van der Waals surface area contributed by atoms with E-state index in [2.05, 4.69) is 27.8 Å². The molecule has 22 heavy (non-hydrogen) atoms. The highest BCUT2D eigenvalue weighted by Crippen LogP contribution is 2.34. The number of nitrogens with one attached hydrogen (secondary N) is 1. The lowest BCUT2D eigenvalue weighted by Crippen LogP contribution is -2.54. The van der Waals surface area contributed by atoms with Crippen molar-refractivity contribution in [3.05, 3.63) is 12.7 Å². The monoisotopic (exact) mass is 302 g/mol. The molecule has 0 spiro atoms. The van der Waals surface area contributed by atoms with Crippen molar-refractivity contribution in [1.29, 1.82) is 0 Å². The summed E-state index contributed by atoms with van der Waals surface area (Å²) in [6, 6.07) is 0. The van der Waals surface area contributed by atoms with Crippen molar-refractivity contribution in [3.8, 4) is 0 Å². The molecule has 3 rings (SSSR count). The number of hydrogen-bond acceptors (Lipinski definition) is 6. The third-order valence-corrected chi connectivity index (χ3v) is 4.43. The summed E-state index contributed by atoms with van der Waals surface area (Å²) in [6.07, 6.45) is 5.78. The van der Waals surface area contributed by atoms with Crippen LogP contribution in [0, 0.1) is 5.92 Å². The van der Waals surface area contributed by atoms with Crippen LogP contribution in [0.2, 0.25) is 6.32 Å². The summed E-state index contributed by atoms with van der Waals surface area (Å²) in [5.41, 5.74) is 6.26. The van der Waals surface area contributed by atoms with Crippen LogP contribution in [-0.2, 0) is 4.79 Å². The van der Waals surface area contributed by atoms with Crippen molar-refractivity contribution < 1.29 is 9.90 Å². The van der Waals surface area contributed by atoms with E-state index in [9.17, 15) is 9.90 Å². The SMILES string of the molecule is BCCC[C@H]1CN(c2ncnc3nc[nH]c23)C[C@@]1(N)C(=O)O. The van der Waals surface area contributed by atoms with Crippen LogP contribution in [0.25, 0.3) is 11.2 Å². The molecule has 3 heterocycles. The van der Waals surface area contributed by atoms with E-state index < -0.39 is 11.5 Å². The highest BCUT2D eigenvalue weighted by Gasteiger charge is 2.49. The van der Waals surface area contributed by atoms with Gasteiger partial charge in [0.25, 0.3) is 0 Å². The smallest absolute Gasteiger partial charge is 0.325 e.